The van der Waals surface area contributed by atoms with Crippen LogP contribution in [0.5, 0.6) is 0 Å². The average molecular weight is 136 g/mol. The van der Waals surface area contributed by atoms with Crippen molar-refractivity contribution in [3.63, 3.8) is 0 Å². The first-order valence-electron chi connectivity index (χ1n) is 4.80. The van der Waals surface area contributed by atoms with Gasteiger partial charge in [-0.15, -0.1) is 0 Å². The molecule has 0 aromatic carbocycles. The van der Waals surface area contributed by atoms with Crippen molar-refractivity contribution >= 4 is 0 Å². The molecule has 0 nitrogen and oxygen atoms in total. The molecule has 4 atom stereocenters. The van der Waals surface area contributed by atoms with Crippen molar-refractivity contribution in [2.75, 3.05) is 0 Å². The highest BCUT2D eigenvalue weighted by Crippen LogP contribution is 2.69. The first-order chi connectivity index (χ1) is 4.80. The summed E-state index contributed by atoms with van der Waals surface area (Å²) in [7, 11) is 0. The normalized spacial score (nSPS) is 63.9. The van der Waals surface area contributed by atoms with Gasteiger partial charge in [0.2, 0.25) is 0 Å². The summed E-state index contributed by atoms with van der Waals surface area (Å²) >= 11 is 0. The van der Waals surface area contributed by atoms with Crippen LogP contribution in [0.1, 0.15) is 39.0 Å². The molecular formula is C10H16. The standard InChI is InChI=1S/C10H16/c1-7-5-10-3-2-9(10)4-8(7)6-10/h7-9H,2-6H2,1H3. The zero-order valence-corrected chi connectivity index (χ0v) is 6.77. The van der Waals surface area contributed by atoms with Crippen molar-refractivity contribution in [1.82, 2.24) is 0 Å². The third-order valence-corrected chi connectivity index (χ3v) is 4.65. The Balaban J connectivity index is 1.96. The van der Waals surface area contributed by atoms with Crippen molar-refractivity contribution in [1.29, 1.82) is 0 Å². The van der Waals surface area contributed by atoms with Crippen LogP contribution in [0.2, 0.25) is 0 Å². The van der Waals surface area contributed by atoms with Gasteiger partial charge in [-0.1, -0.05) is 6.92 Å². The fraction of sp³-hybridized carbons (Fsp3) is 1.00. The molecule has 56 valence electrons. The van der Waals surface area contributed by atoms with E-state index in [0.717, 1.165) is 17.3 Å². The molecule has 3 aliphatic carbocycles. The van der Waals surface area contributed by atoms with Crippen LogP contribution in [0.15, 0.2) is 0 Å². The summed E-state index contributed by atoms with van der Waals surface area (Å²) in [5.74, 6) is 3.41. The van der Waals surface area contributed by atoms with Crippen molar-refractivity contribution < 1.29 is 0 Å². The molecule has 4 unspecified atom stereocenters. The quantitative estimate of drug-likeness (QED) is 0.480. The molecule has 0 heteroatoms. The van der Waals surface area contributed by atoms with Crippen LogP contribution in [0, 0.1) is 23.2 Å². The van der Waals surface area contributed by atoms with E-state index in [9.17, 15) is 0 Å². The van der Waals surface area contributed by atoms with Gasteiger partial charge in [0, 0.05) is 0 Å². The molecule has 3 rings (SSSR count). The summed E-state index contributed by atoms with van der Waals surface area (Å²) in [4.78, 5) is 0. The Morgan fingerprint density at radius 1 is 1.30 bits per heavy atom. The van der Waals surface area contributed by atoms with Crippen LogP contribution in [-0.4, -0.2) is 0 Å². The Morgan fingerprint density at radius 3 is 2.60 bits per heavy atom. The Morgan fingerprint density at radius 2 is 2.20 bits per heavy atom. The fourth-order valence-corrected chi connectivity index (χ4v) is 3.96. The number of hydrogen-bond acceptors (Lipinski definition) is 0. The van der Waals surface area contributed by atoms with Gasteiger partial charge in [-0.3, -0.25) is 0 Å². The highest BCUT2D eigenvalue weighted by molar-refractivity contribution is 5.09. The largest absolute Gasteiger partial charge is 0.0622 e. The summed E-state index contributed by atoms with van der Waals surface area (Å²) in [5.41, 5.74) is 0.921. The molecule has 0 saturated heterocycles. The number of rotatable bonds is 0. The first-order valence-corrected chi connectivity index (χ1v) is 4.80. The Hall–Kier alpha value is 0. The van der Waals surface area contributed by atoms with Gasteiger partial charge in [0.05, 0.1) is 0 Å². The fourth-order valence-electron chi connectivity index (χ4n) is 3.96. The summed E-state index contributed by atoms with van der Waals surface area (Å²) in [6.45, 7) is 2.47. The Bertz CT molecular complexity index is 169. The Labute approximate surface area is 63.0 Å². The molecule has 3 fully saturated rings. The van der Waals surface area contributed by atoms with Crippen LogP contribution in [0.3, 0.4) is 0 Å². The molecule has 0 radical (unpaired) electrons. The van der Waals surface area contributed by atoms with Crippen molar-refractivity contribution in [3.05, 3.63) is 0 Å². The second-order valence-electron chi connectivity index (χ2n) is 4.98. The molecule has 0 aliphatic heterocycles. The van der Waals surface area contributed by atoms with Gasteiger partial charge in [-0.05, 0) is 55.3 Å². The van der Waals surface area contributed by atoms with Gasteiger partial charge < -0.3 is 0 Å². The molecule has 3 saturated carbocycles. The third-order valence-electron chi connectivity index (χ3n) is 4.65. The van der Waals surface area contributed by atoms with Gasteiger partial charge in [-0.2, -0.15) is 0 Å². The predicted octanol–water partition coefficient (Wildman–Crippen LogP) is 2.83. The molecule has 2 bridgehead atoms. The summed E-state index contributed by atoms with van der Waals surface area (Å²) in [6, 6.07) is 0. The van der Waals surface area contributed by atoms with E-state index >= 15 is 0 Å². The van der Waals surface area contributed by atoms with E-state index in [2.05, 4.69) is 6.92 Å². The van der Waals surface area contributed by atoms with E-state index in [0.29, 0.717) is 0 Å². The van der Waals surface area contributed by atoms with Crippen molar-refractivity contribution in [2.24, 2.45) is 23.2 Å². The molecule has 1 spiro atoms. The minimum atomic E-state index is 0.921. The van der Waals surface area contributed by atoms with Crippen LogP contribution in [0.4, 0.5) is 0 Å². The lowest BCUT2D eigenvalue weighted by Crippen LogP contribution is -2.36. The molecule has 0 N–H and O–H groups in total. The molecule has 0 aromatic rings. The lowest BCUT2D eigenvalue weighted by atomic mass is 9.59. The van der Waals surface area contributed by atoms with Crippen LogP contribution in [0.25, 0.3) is 0 Å². The molecule has 0 aromatic heterocycles. The van der Waals surface area contributed by atoms with E-state index < -0.39 is 0 Å². The van der Waals surface area contributed by atoms with Crippen molar-refractivity contribution in [2.45, 2.75) is 39.0 Å². The van der Waals surface area contributed by atoms with Gasteiger partial charge in [0.1, 0.15) is 0 Å². The molecule has 0 heterocycles. The van der Waals surface area contributed by atoms with E-state index in [1.54, 1.807) is 32.1 Å². The topological polar surface area (TPSA) is 0 Å². The van der Waals surface area contributed by atoms with Crippen LogP contribution < -0.4 is 0 Å². The highest BCUT2D eigenvalue weighted by atomic mass is 14.6. The first kappa shape index (κ1) is 5.62. The van der Waals surface area contributed by atoms with Crippen molar-refractivity contribution in [3.8, 4) is 0 Å². The Kier molecular flexibility index (Phi) is 0.810. The number of fused-ring (bicyclic) bond motifs is 1. The maximum Gasteiger partial charge on any atom is -0.0264 e. The molecular weight excluding hydrogens is 120 g/mol. The summed E-state index contributed by atoms with van der Waals surface area (Å²) in [6.07, 6.45) is 7.95. The third kappa shape index (κ3) is 0.436. The van der Waals surface area contributed by atoms with E-state index in [4.69, 9.17) is 0 Å². The van der Waals surface area contributed by atoms with Crippen LogP contribution in [-0.2, 0) is 0 Å². The highest BCUT2D eigenvalue weighted by Gasteiger charge is 2.59. The van der Waals surface area contributed by atoms with E-state index in [1.165, 1.54) is 5.92 Å². The number of hydrogen-bond donors (Lipinski definition) is 0. The maximum absolute atomic E-state index is 2.47. The second-order valence-corrected chi connectivity index (χ2v) is 4.98. The minimum absolute atomic E-state index is 0.921. The summed E-state index contributed by atoms with van der Waals surface area (Å²) in [5, 5.41) is 0. The van der Waals surface area contributed by atoms with Gasteiger partial charge in [-0.25, -0.2) is 0 Å². The van der Waals surface area contributed by atoms with Crippen LogP contribution >= 0.6 is 0 Å². The lowest BCUT2D eigenvalue weighted by Gasteiger charge is -2.46. The zero-order valence-electron chi connectivity index (χ0n) is 6.77. The SMILES string of the molecule is CC1CC23CCC2CC1C3. The molecule has 0 amide bonds. The summed E-state index contributed by atoms with van der Waals surface area (Å²) < 4.78 is 0. The molecule has 3 aliphatic rings. The zero-order chi connectivity index (χ0) is 6.77. The lowest BCUT2D eigenvalue weighted by molar-refractivity contribution is 0.0411. The average Bonchev–Trinajstić information content (AvgIpc) is 2.30. The van der Waals surface area contributed by atoms with Gasteiger partial charge in [0.25, 0.3) is 0 Å². The monoisotopic (exact) mass is 136 g/mol. The van der Waals surface area contributed by atoms with E-state index in [-0.39, 0.29) is 0 Å². The minimum Gasteiger partial charge on any atom is -0.0622 e. The van der Waals surface area contributed by atoms with Gasteiger partial charge >= 0.3 is 0 Å². The smallest absolute Gasteiger partial charge is 0.0264 e. The molecule has 10 heavy (non-hydrogen) atoms. The second kappa shape index (κ2) is 1.44. The van der Waals surface area contributed by atoms with Gasteiger partial charge in [0.15, 0.2) is 0 Å². The predicted molar refractivity (Wildman–Crippen MR) is 41.7 cm³/mol. The maximum atomic E-state index is 2.47. The van der Waals surface area contributed by atoms with E-state index in [1.807, 2.05) is 0 Å².